The lowest BCUT2D eigenvalue weighted by molar-refractivity contribution is -0.123. The van der Waals surface area contributed by atoms with Crippen LogP contribution in [0.25, 0.3) is 10.6 Å². The van der Waals surface area contributed by atoms with E-state index in [1.165, 1.54) is 0 Å². The minimum Gasteiger partial charge on any atom is -0.380 e. The molecule has 7 heteroatoms. The highest BCUT2D eigenvalue weighted by Crippen LogP contribution is 2.23. The van der Waals surface area contributed by atoms with Gasteiger partial charge in [0.1, 0.15) is 5.01 Å². The SMILES string of the molecule is COC(CN)CC(=O)NCc1csc(-c2ccccc2)n1.Cl. The number of aromatic nitrogens is 1. The van der Waals surface area contributed by atoms with Crippen LogP contribution in [0.3, 0.4) is 0 Å². The van der Waals surface area contributed by atoms with E-state index < -0.39 is 0 Å². The Balaban J connectivity index is 0.00000242. The van der Waals surface area contributed by atoms with E-state index in [2.05, 4.69) is 10.3 Å². The summed E-state index contributed by atoms with van der Waals surface area (Å²) < 4.78 is 5.08. The fraction of sp³-hybridized carbons (Fsp3) is 0.333. The summed E-state index contributed by atoms with van der Waals surface area (Å²) in [5.74, 6) is -0.0819. The lowest BCUT2D eigenvalue weighted by Gasteiger charge is -2.11. The van der Waals surface area contributed by atoms with Crippen LogP contribution in [0.15, 0.2) is 35.7 Å². The number of nitrogens with two attached hydrogens (primary N) is 1. The van der Waals surface area contributed by atoms with E-state index in [9.17, 15) is 4.79 Å². The molecule has 1 aromatic carbocycles. The van der Waals surface area contributed by atoms with Gasteiger partial charge in [0, 0.05) is 24.6 Å². The Bertz CT molecular complexity index is 573. The van der Waals surface area contributed by atoms with Gasteiger partial charge in [-0.3, -0.25) is 4.79 Å². The van der Waals surface area contributed by atoms with Crippen molar-refractivity contribution in [2.75, 3.05) is 13.7 Å². The Hall–Kier alpha value is -1.47. The summed E-state index contributed by atoms with van der Waals surface area (Å²) in [5, 5.41) is 5.75. The molecule has 5 nitrogen and oxygen atoms in total. The van der Waals surface area contributed by atoms with Gasteiger partial charge in [-0.25, -0.2) is 4.98 Å². The van der Waals surface area contributed by atoms with Gasteiger partial charge in [0.05, 0.1) is 24.8 Å². The number of carbonyl (C=O) groups is 1. The number of rotatable bonds is 7. The molecule has 1 aromatic heterocycles. The second kappa shape index (κ2) is 9.53. The number of thiazole rings is 1. The highest BCUT2D eigenvalue weighted by Gasteiger charge is 2.11. The van der Waals surface area contributed by atoms with Crippen molar-refractivity contribution in [3.8, 4) is 10.6 Å². The van der Waals surface area contributed by atoms with Crippen molar-refractivity contribution in [1.29, 1.82) is 0 Å². The molecule has 0 aliphatic heterocycles. The van der Waals surface area contributed by atoms with Gasteiger partial charge < -0.3 is 15.8 Å². The fourth-order valence-electron chi connectivity index (χ4n) is 1.83. The molecule has 0 radical (unpaired) electrons. The van der Waals surface area contributed by atoms with E-state index >= 15 is 0 Å². The van der Waals surface area contributed by atoms with E-state index in [4.69, 9.17) is 10.5 Å². The number of nitrogens with one attached hydrogen (secondary N) is 1. The van der Waals surface area contributed by atoms with E-state index in [-0.39, 0.29) is 30.8 Å². The minimum absolute atomic E-state index is 0. The summed E-state index contributed by atoms with van der Waals surface area (Å²) in [7, 11) is 1.55. The molecule has 3 N–H and O–H groups in total. The summed E-state index contributed by atoms with van der Waals surface area (Å²) in [5.41, 5.74) is 7.43. The highest BCUT2D eigenvalue weighted by molar-refractivity contribution is 7.13. The summed E-state index contributed by atoms with van der Waals surface area (Å²) in [6.07, 6.45) is 0.0307. The van der Waals surface area contributed by atoms with Gasteiger partial charge in [-0.05, 0) is 0 Å². The molecule has 1 amide bonds. The molecule has 22 heavy (non-hydrogen) atoms. The number of hydrogen-bond acceptors (Lipinski definition) is 5. The van der Waals surface area contributed by atoms with Crippen LogP contribution in [0.4, 0.5) is 0 Å². The zero-order valence-electron chi connectivity index (χ0n) is 12.3. The summed E-state index contributed by atoms with van der Waals surface area (Å²) in [6, 6.07) is 9.98. The van der Waals surface area contributed by atoms with Crippen LogP contribution < -0.4 is 11.1 Å². The van der Waals surface area contributed by atoms with Crippen LogP contribution in [0.2, 0.25) is 0 Å². The van der Waals surface area contributed by atoms with Crippen molar-refractivity contribution in [2.24, 2.45) is 5.73 Å². The third-order valence-corrected chi connectivity index (χ3v) is 3.99. The second-order valence-electron chi connectivity index (χ2n) is 4.58. The molecular weight excluding hydrogens is 322 g/mol. The monoisotopic (exact) mass is 341 g/mol. The third-order valence-electron chi connectivity index (χ3n) is 3.05. The average Bonchev–Trinajstić information content (AvgIpc) is 3.00. The van der Waals surface area contributed by atoms with Crippen molar-refractivity contribution < 1.29 is 9.53 Å². The van der Waals surface area contributed by atoms with Crippen molar-refractivity contribution in [2.45, 2.75) is 19.1 Å². The van der Waals surface area contributed by atoms with Crippen LogP contribution in [0.5, 0.6) is 0 Å². The Labute approximate surface area is 140 Å². The Morgan fingerprint density at radius 2 is 2.14 bits per heavy atom. The van der Waals surface area contributed by atoms with Crippen LogP contribution in [-0.2, 0) is 16.1 Å². The molecule has 0 fully saturated rings. The summed E-state index contributed by atoms with van der Waals surface area (Å²) in [4.78, 5) is 16.3. The molecule has 1 atom stereocenters. The van der Waals surface area contributed by atoms with Crippen LogP contribution in [0, 0.1) is 0 Å². The van der Waals surface area contributed by atoms with E-state index in [0.717, 1.165) is 16.3 Å². The van der Waals surface area contributed by atoms with Gasteiger partial charge in [-0.2, -0.15) is 0 Å². The zero-order valence-corrected chi connectivity index (χ0v) is 14.0. The molecule has 1 unspecified atom stereocenters. The molecule has 0 saturated heterocycles. The molecule has 2 rings (SSSR count). The number of carbonyl (C=O) groups excluding carboxylic acids is 1. The van der Waals surface area contributed by atoms with E-state index in [0.29, 0.717) is 13.1 Å². The van der Waals surface area contributed by atoms with Gasteiger partial charge in [0.25, 0.3) is 0 Å². The number of amides is 1. The number of nitrogens with zero attached hydrogens (tertiary/aromatic N) is 1. The van der Waals surface area contributed by atoms with Crippen molar-refractivity contribution in [3.05, 3.63) is 41.4 Å². The minimum atomic E-state index is -0.236. The predicted octanol–water partition coefficient (Wildman–Crippen LogP) is 2.21. The first kappa shape index (κ1) is 18.6. The third kappa shape index (κ3) is 5.38. The maximum atomic E-state index is 11.8. The van der Waals surface area contributed by atoms with Gasteiger partial charge in [0.2, 0.25) is 5.91 Å². The molecular formula is C15H20ClN3O2S. The number of halogens is 1. The maximum absolute atomic E-state index is 11.8. The molecule has 0 bridgehead atoms. The largest absolute Gasteiger partial charge is 0.380 e. The lowest BCUT2D eigenvalue weighted by atomic mass is 10.2. The topological polar surface area (TPSA) is 77.2 Å². The summed E-state index contributed by atoms with van der Waals surface area (Å²) in [6.45, 7) is 0.752. The standard InChI is InChI=1S/C15H19N3O2S.ClH/c1-20-13(8-16)7-14(19)17-9-12-10-21-15(18-12)11-5-3-2-4-6-11;/h2-6,10,13H,7-9,16H2,1H3,(H,17,19);1H. The molecule has 120 valence electrons. The molecule has 0 aliphatic carbocycles. The normalized spacial score (nSPS) is 11.5. The van der Waals surface area contributed by atoms with Crippen molar-refractivity contribution in [1.82, 2.24) is 10.3 Å². The zero-order chi connectivity index (χ0) is 15.1. The average molecular weight is 342 g/mol. The van der Waals surface area contributed by atoms with Gasteiger partial charge in [-0.15, -0.1) is 23.7 Å². The Kier molecular flexibility index (Phi) is 8.05. The van der Waals surface area contributed by atoms with Crippen molar-refractivity contribution >= 4 is 29.7 Å². The highest BCUT2D eigenvalue weighted by atomic mass is 35.5. The van der Waals surface area contributed by atoms with E-state index in [1.54, 1.807) is 18.4 Å². The number of hydrogen-bond donors (Lipinski definition) is 2. The van der Waals surface area contributed by atoms with Gasteiger partial charge in [-0.1, -0.05) is 30.3 Å². The second-order valence-corrected chi connectivity index (χ2v) is 5.44. The predicted molar refractivity (Wildman–Crippen MR) is 91.1 cm³/mol. The van der Waals surface area contributed by atoms with Crippen molar-refractivity contribution in [3.63, 3.8) is 0 Å². The Morgan fingerprint density at radius 1 is 1.41 bits per heavy atom. The number of benzene rings is 1. The maximum Gasteiger partial charge on any atom is 0.222 e. The fourth-order valence-corrected chi connectivity index (χ4v) is 2.66. The first-order valence-corrected chi connectivity index (χ1v) is 7.60. The first-order valence-electron chi connectivity index (χ1n) is 6.72. The first-order chi connectivity index (χ1) is 10.2. The molecule has 0 aliphatic rings. The number of ether oxygens (including phenoxy) is 1. The quantitative estimate of drug-likeness (QED) is 0.809. The van der Waals surface area contributed by atoms with E-state index in [1.807, 2.05) is 35.7 Å². The van der Waals surface area contributed by atoms with Crippen LogP contribution in [-0.4, -0.2) is 30.6 Å². The van der Waals surface area contributed by atoms with Gasteiger partial charge in [0.15, 0.2) is 0 Å². The lowest BCUT2D eigenvalue weighted by Crippen LogP contribution is -2.31. The van der Waals surface area contributed by atoms with Crippen LogP contribution >= 0.6 is 23.7 Å². The molecule has 2 aromatic rings. The molecule has 0 saturated carbocycles. The Morgan fingerprint density at radius 3 is 2.77 bits per heavy atom. The molecule has 1 heterocycles. The number of methoxy groups -OCH3 is 1. The van der Waals surface area contributed by atoms with Crippen LogP contribution in [0.1, 0.15) is 12.1 Å². The smallest absolute Gasteiger partial charge is 0.222 e. The molecule has 0 spiro atoms. The van der Waals surface area contributed by atoms with Gasteiger partial charge >= 0.3 is 0 Å². The summed E-state index contributed by atoms with van der Waals surface area (Å²) >= 11 is 1.57.